The van der Waals surface area contributed by atoms with Crippen LogP contribution < -0.4 is 4.74 Å². The van der Waals surface area contributed by atoms with Gasteiger partial charge in [-0.25, -0.2) is 9.78 Å². The van der Waals surface area contributed by atoms with Gasteiger partial charge in [-0.15, -0.1) is 0 Å². The summed E-state index contributed by atoms with van der Waals surface area (Å²) in [5.41, 5.74) is 1.10. The van der Waals surface area contributed by atoms with E-state index < -0.39 is 5.97 Å². The second-order valence-corrected chi connectivity index (χ2v) is 5.28. The average molecular weight is 328 g/mol. The molecule has 0 saturated heterocycles. The molecule has 1 atom stereocenters. The Kier molecular flexibility index (Phi) is 5.52. The molecule has 2 rings (SSSR count). The predicted octanol–water partition coefficient (Wildman–Crippen LogP) is 3.01. The molecule has 1 unspecified atom stereocenters. The fourth-order valence-corrected chi connectivity index (χ4v) is 2.52. The fraction of sp³-hybridized carbons (Fsp3) is 0.278. The van der Waals surface area contributed by atoms with Crippen molar-refractivity contribution in [2.24, 2.45) is 0 Å². The van der Waals surface area contributed by atoms with E-state index in [9.17, 15) is 9.59 Å². The molecule has 1 aromatic carbocycles. The number of carbonyl (C=O) groups excluding carboxylic acids is 1. The summed E-state index contributed by atoms with van der Waals surface area (Å²) in [5, 5.41) is 9.03. The van der Waals surface area contributed by atoms with Gasteiger partial charge < -0.3 is 14.7 Å². The number of amides is 1. The quantitative estimate of drug-likeness (QED) is 0.881. The average Bonchev–Trinajstić information content (AvgIpc) is 2.62. The Morgan fingerprint density at radius 1 is 1.29 bits per heavy atom. The van der Waals surface area contributed by atoms with Crippen LogP contribution >= 0.6 is 0 Å². The first-order chi connectivity index (χ1) is 11.5. The topological polar surface area (TPSA) is 79.7 Å². The van der Waals surface area contributed by atoms with E-state index in [4.69, 9.17) is 9.84 Å². The monoisotopic (exact) mass is 328 g/mol. The summed E-state index contributed by atoms with van der Waals surface area (Å²) in [4.78, 5) is 29.3. The molecule has 0 spiro atoms. The lowest BCUT2D eigenvalue weighted by molar-refractivity contribution is 0.0690. The molecule has 1 aromatic heterocycles. The molecule has 1 amide bonds. The van der Waals surface area contributed by atoms with E-state index in [2.05, 4.69) is 4.98 Å². The Labute approximate surface area is 140 Å². The van der Waals surface area contributed by atoms with Gasteiger partial charge in [0.05, 0.1) is 13.2 Å². The molecule has 0 aliphatic rings. The summed E-state index contributed by atoms with van der Waals surface area (Å²) in [6, 6.07) is 10.2. The van der Waals surface area contributed by atoms with E-state index in [0.717, 1.165) is 11.3 Å². The van der Waals surface area contributed by atoms with Gasteiger partial charge in [-0.1, -0.05) is 12.1 Å². The van der Waals surface area contributed by atoms with Crippen LogP contribution in [0.15, 0.2) is 42.6 Å². The van der Waals surface area contributed by atoms with E-state index in [1.54, 1.807) is 12.0 Å². The number of benzene rings is 1. The summed E-state index contributed by atoms with van der Waals surface area (Å²) < 4.78 is 5.23. The van der Waals surface area contributed by atoms with E-state index >= 15 is 0 Å². The third-order valence-electron chi connectivity index (χ3n) is 3.87. The van der Waals surface area contributed by atoms with Crippen molar-refractivity contribution >= 4 is 11.9 Å². The molecule has 0 bridgehead atoms. The third-order valence-corrected chi connectivity index (χ3v) is 3.87. The highest BCUT2D eigenvalue weighted by Gasteiger charge is 2.22. The van der Waals surface area contributed by atoms with E-state index in [1.807, 2.05) is 38.1 Å². The molecule has 0 radical (unpaired) electrons. The van der Waals surface area contributed by atoms with Gasteiger partial charge in [-0.2, -0.15) is 0 Å². The van der Waals surface area contributed by atoms with Crippen molar-refractivity contribution < 1.29 is 19.4 Å². The second-order valence-electron chi connectivity index (χ2n) is 5.28. The van der Waals surface area contributed by atoms with Crippen molar-refractivity contribution in [2.75, 3.05) is 13.7 Å². The highest BCUT2D eigenvalue weighted by Crippen LogP contribution is 2.25. The van der Waals surface area contributed by atoms with Gasteiger partial charge in [0.1, 0.15) is 11.4 Å². The Balaban J connectivity index is 2.31. The minimum atomic E-state index is -1.16. The largest absolute Gasteiger partial charge is 0.497 e. The van der Waals surface area contributed by atoms with Crippen LogP contribution in [0.25, 0.3) is 0 Å². The highest BCUT2D eigenvalue weighted by molar-refractivity contribution is 5.96. The van der Waals surface area contributed by atoms with Crippen molar-refractivity contribution in [3.8, 4) is 5.75 Å². The maximum atomic E-state index is 12.8. The number of methoxy groups -OCH3 is 1. The molecule has 6 heteroatoms. The maximum absolute atomic E-state index is 12.8. The molecule has 0 saturated carbocycles. The van der Waals surface area contributed by atoms with E-state index in [0.29, 0.717) is 12.1 Å². The van der Waals surface area contributed by atoms with Crippen LogP contribution in [0.3, 0.4) is 0 Å². The minimum Gasteiger partial charge on any atom is -0.497 e. The zero-order valence-electron chi connectivity index (χ0n) is 13.9. The number of ether oxygens (including phenoxy) is 1. The molecule has 0 fully saturated rings. The molecule has 1 N–H and O–H groups in total. The van der Waals surface area contributed by atoms with Crippen LogP contribution in [0.1, 0.15) is 46.3 Å². The summed E-state index contributed by atoms with van der Waals surface area (Å²) in [6.07, 6.45) is 1.33. The fourth-order valence-electron chi connectivity index (χ4n) is 2.52. The molecule has 24 heavy (non-hydrogen) atoms. The minimum absolute atomic E-state index is 0.147. The molecule has 0 aliphatic carbocycles. The first-order valence-electron chi connectivity index (χ1n) is 7.62. The van der Waals surface area contributed by atoms with Crippen LogP contribution in [0.4, 0.5) is 0 Å². The lowest BCUT2D eigenvalue weighted by Gasteiger charge is -2.28. The number of hydrogen-bond donors (Lipinski definition) is 1. The number of pyridine rings is 1. The molecule has 1 heterocycles. The number of aromatic carboxylic acids is 1. The summed E-state index contributed by atoms with van der Waals surface area (Å²) >= 11 is 0. The summed E-state index contributed by atoms with van der Waals surface area (Å²) in [6.45, 7) is 4.30. The lowest BCUT2D eigenvalue weighted by Crippen LogP contribution is -2.33. The number of carbonyl (C=O) groups is 2. The van der Waals surface area contributed by atoms with Crippen molar-refractivity contribution in [2.45, 2.75) is 19.9 Å². The van der Waals surface area contributed by atoms with Crippen molar-refractivity contribution in [3.63, 3.8) is 0 Å². The van der Waals surface area contributed by atoms with E-state index in [-0.39, 0.29) is 17.6 Å². The number of carboxylic acid groups (broad SMARTS) is 1. The number of hydrogen-bond acceptors (Lipinski definition) is 4. The predicted molar refractivity (Wildman–Crippen MR) is 89.3 cm³/mol. The number of carboxylic acids is 1. The van der Waals surface area contributed by atoms with Crippen LogP contribution in [-0.2, 0) is 0 Å². The van der Waals surface area contributed by atoms with Gasteiger partial charge in [0.2, 0.25) is 0 Å². The van der Waals surface area contributed by atoms with Crippen molar-refractivity contribution in [1.29, 1.82) is 0 Å². The van der Waals surface area contributed by atoms with Gasteiger partial charge >= 0.3 is 5.97 Å². The van der Waals surface area contributed by atoms with Gasteiger partial charge in [-0.3, -0.25) is 4.79 Å². The zero-order valence-corrected chi connectivity index (χ0v) is 13.9. The van der Waals surface area contributed by atoms with Gasteiger partial charge in [0.25, 0.3) is 5.91 Å². The van der Waals surface area contributed by atoms with Gasteiger partial charge in [0, 0.05) is 18.3 Å². The molecule has 6 nitrogen and oxygen atoms in total. The summed E-state index contributed by atoms with van der Waals surface area (Å²) in [5.74, 6) is -0.675. The Morgan fingerprint density at radius 3 is 2.67 bits per heavy atom. The third kappa shape index (κ3) is 3.71. The van der Waals surface area contributed by atoms with E-state index in [1.165, 1.54) is 18.3 Å². The maximum Gasteiger partial charge on any atom is 0.354 e. The first-order valence-corrected chi connectivity index (χ1v) is 7.62. The standard InChI is InChI=1S/C18H20N2O4/c1-4-20(12(2)13-6-5-7-15(10-13)24-3)17(21)14-8-9-19-16(11-14)18(22)23/h5-12H,4H2,1-3H3,(H,22,23). The Bertz CT molecular complexity index is 745. The van der Waals surface area contributed by atoms with Crippen LogP contribution in [-0.4, -0.2) is 40.5 Å². The number of nitrogens with zero attached hydrogens (tertiary/aromatic N) is 2. The normalized spacial score (nSPS) is 11.6. The highest BCUT2D eigenvalue weighted by atomic mass is 16.5. The smallest absolute Gasteiger partial charge is 0.354 e. The van der Waals surface area contributed by atoms with Crippen LogP contribution in [0.2, 0.25) is 0 Å². The number of aromatic nitrogens is 1. The van der Waals surface area contributed by atoms with Crippen molar-refractivity contribution in [3.05, 3.63) is 59.4 Å². The molecular weight excluding hydrogens is 308 g/mol. The zero-order chi connectivity index (χ0) is 17.7. The van der Waals surface area contributed by atoms with Crippen LogP contribution in [0.5, 0.6) is 5.75 Å². The Hall–Kier alpha value is -2.89. The van der Waals surface area contributed by atoms with Crippen LogP contribution in [0, 0.1) is 0 Å². The van der Waals surface area contributed by atoms with Crippen molar-refractivity contribution in [1.82, 2.24) is 9.88 Å². The van der Waals surface area contributed by atoms with Gasteiger partial charge in [0.15, 0.2) is 0 Å². The SMILES string of the molecule is CCN(C(=O)c1ccnc(C(=O)O)c1)C(C)c1cccc(OC)c1. The molecule has 2 aromatic rings. The number of rotatable bonds is 6. The Morgan fingerprint density at radius 2 is 2.04 bits per heavy atom. The first kappa shape index (κ1) is 17.5. The lowest BCUT2D eigenvalue weighted by atomic mass is 10.1. The van der Waals surface area contributed by atoms with Gasteiger partial charge in [-0.05, 0) is 43.7 Å². The second kappa shape index (κ2) is 7.59. The molecule has 0 aliphatic heterocycles. The molecular formula is C18H20N2O4. The summed E-state index contributed by atoms with van der Waals surface area (Å²) in [7, 11) is 1.59. The molecule has 126 valence electrons.